The standard InChI is InChI=1S/C21H25N5O2/c1-26(16-7-5-4-6-8-16)21-19(22)20(24-14-25-21)23-12-11-15-9-10-17(27-2)18(13-15)28-3/h4-10,13-14H,11-12,22H2,1-3H3,(H,23,24,25). The number of hydrogen-bond donors (Lipinski definition) is 2. The van der Waals surface area contributed by atoms with Crippen molar-refractivity contribution in [3.8, 4) is 11.5 Å². The van der Waals surface area contributed by atoms with Gasteiger partial charge in [0.25, 0.3) is 0 Å². The molecule has 0 aliphatic rings. The molecule has 1 aromatic heterocycles. The van der Waals surface area contributed by atoms with Gasteiger partial charge in [-0.25, -0.2) is 9.97 Å². The zero-order valence-corrected chi connectivity index (χ0v) is 16.3. The second kappa shape index (κ2) is 8.94. The van der Waals surface area contributed by atoms with Gasteiger partial charge >= 0.3 is 0 Å². The van der Waals surface area contributed by atoms with Crippen molar-refractivity contribution in [2.75, 3.05) is 43.8 Å². The van der Waals surface area contributed by atoms with Crippen LogP contribution in [0.2, 0.25) is 0 Å². The molecule has 7 nitrogen and oxygen atoms in total. The number of aromatic nitrogens is 2. The first kappa shape index (κ1) is 19.3. The molecule has 146 valence electrons. The van der Waals surface area contributed by atoms with Crippen LogP contribution in [0, 0.1) is 0 Å². The number of nitrogen functional groups attached to an aromatic ring is 1. The van der Waals surface area contributed by atoms with Crippen LogP contribution in [0.25, 0.3) is 0 Å². The summed E-state index contributed by atoms with van der Waals surface area (Å²) in [5.74, 6) is 2.71. The van der Waals surface area contributed by atoms with Crippen LogP contribution >= 0.6 is 0 Å². The van der Waals surface area contributed by atoms with Gasteiger partial charge in [0.05, 0.1) is 14.2 Å². The summed E-state index contributed by atoms with van der Waals surface area (Å²) in [7, 11) is 5.19. The van der Waals surface area contributed by atoms with Crippen LogP contribution in [0.3, 0.4) is 0 Å². The van der Waals surface area contributed by atoms with E-state index in [4.69, 9.17) is 15.2 Å². The molecule has 2 aromatic carbocycles. The smallest absolute Gasteiger partial charge is 0.161 e. The lowest BCUT2D eigenvalue weighted by Gasteiger charge is -2.21. The molecule has 0 bridgehead atoms. The molecule has 0 amide bonds. The van der Waals surface area contributed by atoms with E-state index < -0.39 is 0 Å². The molecule has 0 aliphatic heterocycles. The van der Waals surface area contributed by atoms with Crippen LogP contribution in [0.5, 0.6) is 11.5 Å². The molecule has 0 aliphatic carbocycles. The number of anilines is 4. The maximum Gasteiger partial charge on any atom is 0.161 e. The molecule has 0 atom stereocenters. The van der Waals surface area contributed by atoms with Gasteiger partial charge in [-0.3, -0.25) is 0 Å². The van der Waals surface area contributed by atoms with Gasteiger partial charge in [-0.2, -0.15) is 0 Å². The average molecular weight is 379 g/mol. The SMILES string of the molecule is COc1ccc(CCNc2ncnc(N(C)c3ccccc3)c2N)cc1OC. The summed E-state index contributed by atoms with van der Waals surface area (Å²) in [5, 5.41) is 3.30. The van der Waals surface area contributed by atoms with Crippen molar-refractivity contribution < 1.29 is 9.47 Å². The van der Waals surface area contributed by atoms with Gasteiger partial charge in [-0.15, -0.1) is 0 Å². The topological polar surface area (TPSA) is 85.5 Å². The summed E-state index contributed by atoms with van der Waals surface area (Å²) in [6, 6.07) is 15.8. The third kappa shape index (κ3) is 4.25. The summed E-state index contributed by atoms with van der Waals surface area (Å²) in [6.07, 6.45) is 2.30. The molecular weight excluding hydrogens is 354 g/mol. The van der Waals surface area contributed by atoms with Gasteiger partial charge in [0.15, 0.2) is 23.1 Å². The van der Waals surface area contributed by atoms with Crippen LogP contribution in [-0.2, 0) is 6.42 Å². The fourth-order valence-electron chi connectivity index (χ4n) is 2.93. The van der Waals surface area contributed by atoms with E-state index in [-0.39, 0.29) is 0 Å². The van der Waals surface area contributed by atoms with Crippen molar-refractivity contribution in [1.82, 2.24) is 9.97 Å². The molecule has 0 radical (unpaired) electrons. The fraction of sp³-hybridized carbons (Fsp3) is 0.238. The Labute approximate surface area is 165 Å². The Bertz CT molecular complexity index is 918. The maximum absolute atomic E-state index is 6.32. The molecule has 0 unspecified atom stereocenters. The molecule has 3 rings (SSSR count). The number of nitrogens with one attached hydrogen (secondary N) is 1. The zero-order valence-electron chi connectivity index (χ0n) is 16.3. The quantitative estimate of drug-likeness (QED) is 0.619. The largest absolute Gasteiger partial charge is 0.493 e. The number of benzene rings is 2. The van der Waals surface area contributed by atoms with Crippen LogP contribution in [0.4, 0.5) is 23.0 Å². The molecule has 0 spiro atoms. The minimum Gasteiger partial charge on any atom is -0.493 e. The third-order valence-electron chi connectivity index (χ3n) is 4.48. The number of methoxy groups -OCH3 is 2. The van der Waals surface area contributed by atoms with Crippen molar-refractivity contribution in [3.63, 3.8) is 0 Å². The first-order chi connectivity index (χ1) is 13.6. The summed E-state index contributed by atoms with van der Waals surface area (Å²) in [4.78, 5) is 10.6. The summed E-state index contributed by atoms with van der Waals surface area (Å²) >= 11 is 0. The fourth-order valence-corrected chi connectivity index (χ4v) is 2.93. The predicted molar refractivity (Wildman–Crippen MR) is 113 cm³/mol. The van der Waals surface area contributed by atoms with Crippen molar-refractivity contribution in [1.29, 1.82) is 0 Å². The number of nitrogens with zero attached hydrogens (tertiary/aromatic N) is 3. The first-order valence-corrected chi connectivity index (χ1v) is 8.98. The number of nitrogens with two attached hydrogens (primary N) is 1. The zero-order chi connectivity index (χ0) is 19.9. The summed E-state index contributed by atoms with van der Waals surface area (Å²) in [6.45, 7) is 0.672. The maximum atomic E-state index is 6.32. The van der Waals surface area contributed by atoms with E-state index in [2.05, 4.69) is 15.3 Å². The molecule has 1 heterocycles. The first-order valence-electron chi connectivity index (χ1n) is 8.98. The molecule has 0 saturated heterocycles. The highest BCUT2D eigenvalue weighted by molar-refractivity contribution is 5.78. The van der Waals surface area contributed by atoms with Crippen LogP contribution in [0.1, 0.15) is 5.56 Å². The number of rotatable bonds is 8. The van der Waals surface area contributed by atoms with Crippen molar-refractivity contribution >= 4 is 23.0 Å². The number of ether oxygens (including phenoxy) is 2. The Balaban J connectivity index is 1.69. The van der Waals surface area contributed by atoms with E-state index in [9.17, 15) is 0 Å². The van der Waals surface area contributed by atoms with Crippen molar-refractivity contribution in [2.24, 2.45) is 0 Å². The molecule has 28 heavy (non-hydrogen) atoms. The molecule has 7 heteroatoms. The molecular formula is C21H25N5O2. The second-order valence-electron chi connectivity index (χ2n) is 6.22. The highest BCUT2D eigenvalue weighted by Gasteiger charge is 2.13. The normalized spacial score (nSPS) is 10.4. The Morgan fingerprint density at radius 3 is 2.46 bits per heavy atom. The minimum atomic E-state index is 0.515. The van der Waals surface area contributed by atoms with Gasteiger partial charge in [0.2, 0.25) is 0 Å². The van der Waals surface area contributed by atoms with Gasteiger partial charge in [-0.1, -0.05) is 24.3 Å². The summed E-state index contributed by atoms with van der Waals surface area (Å²) in [5.41, 5.74) is 8.96. The van der Waals surface area contributed by atoms with Crippen molar-refractivity contribution in [3.05, 3.63) is 60.4 Å². The van der Waals surface area contributed by atoms with Gasteiger partial charge in [-0.05, 0) is 36.2 Å². The second-order valence-corrected chi connectivity index (χ2v) is 6.22. The average Bonchev–Trinajstić information content (AvgIpc) is 2.75. The van der Waals surface area contributed by atoms with Crippen LogP contribution in [0.15, 0.2) is 54.9 Å². The Hall–Kier alpha value is -3.48. The number of para-hydroxylation sites is 1. The predicted octanol–water partition coefficient (Wildman–Crippen LogP) is 3.50. The van der Waals surface area contributed by atoms with Crippen LogP contribution < -0.4 is 25.4 Å². The monoisotopic (exact) mass is 379 g/mol. The molecule has 3 aromatic rings. The highest BCUT2D eigenvalue weighted by Crippen LogP contribution is 2.30. The Morgan fingerprint density at radius 2 is 1.75 bits per heavy atom. The van der Waals surface area contributed by atoms with E-state index in [1.165, 1.54) is 6.33 Å². The van der Waals surface area contributed by atoms with E-state index in [1.54, 1.807) is 14.2 Å². The van der Waals surface area contributed by atoms with Gasteiger partial charge < -0.3 is 25.4 Å². The Morgan fingerprint density at radius 1 is 1.00 bits per heavy atom. The van der Waals surface area contributed by atoms with E-state index in [1.807, 2.05) is 60.5 Å². The Kier molecular flexibility index (Phi) is 6.16. The lowest BCUT2D eigenvalue weighted by molar-refractivity contribution is 0.354. The van der Waals surface area contributed by atoms with Gasteiger partial charge in [0, 0.05) is 19.3 Å². The van der Waals surface area contributed by atoms with E-state index >= 15 is 0 Å². The minimum absolute atomic E-state index is 0.515. The van der Waals surface area contributed by atoms with E-state index in [0.29, 0.717) is 35.4 Å². The molecule has 3 N–H and O–H groups in total. The number of hydrogen-bond acceptors (Lipinski definition) is 7. The van der Waals surface area contributed by atoms with Crippen molar-refractivity contribution in [2.45, 2.75) is 6.42 Å². The lowest BCUT2D eigenvalue weighted by Crippen LogP contribution is -2.16. The lowest BCUT2D eigenvalue weighted by atomic mass is 10.1. The van der Waals surface area contributed by atoms with Gasteiger partial charge in [0.1, 0.15) is 12.0 Å². The highest BCUT2D eigenvalue weighted by atomic mass is 16.5. The molecule has 0 saturated carbocycles. The third-order valence-corrected chi connectivity index (χ3v) is 4.48. The van der Waals surface area contributed by atoms with Crippen LogP contribution in [-0.4, -0.2) is 37.8 Å². The van der Waals surface area contributed by atoms with E-state index in [0.717, 1.165) is 17.7 Å². The summed E-state index contributed by atoms with van der Waals surface area (Å²) < 4.78 is 10.6. The molecule has 0 fully saturated rings.